The summed E-state index contributed by atoms with van der Waals surface area (Å²) >= 11 is 0. The maximum Gasteiger partial charge on any atom is 0.261 e. The molecule has 0 fully saturated rings. The molecule has 0 bridgehead atoms. The molecule has 2 heterocycles. The fraction of sp³-hybridized carbons (Fsp3) is 0.533. The van der Waals surface area contributed by atoms with Crippen LogP contribution in [0.4, 0.5) is 0 Å². The average Bonchev–Trinajstić information content (AvgIpc) is 2.84. The van der Waals surface area contributed by atoms with E-state index in [0.717, 1.165) is 0 Å². The molecule has 0 unspecified atom stereocenters. The molecular formula is C30H40N4O4. The molecule has 0 aromatic heterocycles. The monoisotopic (exact) mass is 520 g/mol. The first-order valence-electron chi connectivity index (χ1n) is 13.7. The Kier molecular flexibility index (Phi) is 7.77. The van der Waals surface area contributed by atoms with Gasteiger partial charge in [-0.15, -0.1) is 0 Å². The molecule has 0 saturated carbocycles. The third-order valence-corrected chi connectivity index (χ3v) is 7.88. The molecule has 0 N–H and O–H groups in total. The Labute approximate surface area is 225 Å². The molecule has 2 aliphatic heterocycles. The Balaban J connectivity index is 1.68. The van der Waals surface area contributed by atoms with Crippen LogP contribution in [0, 0.1) is 0 Å². The summed E-state index contributed by atoms with van der Waals surface area (Å²) in [7, 11) is 0. The Morgan fingerprint density at radius 3 is 0.947 bits per heavy atom. The van der Waals surface area contributed by atoms with Crippen molar-refractivity contribution in [3.8, 4) is 0 Å². The largest absolute Gasteiger partial charge is 0.297 e. The van der Waals surface area contributed by atoms with Gasteiger partial charge in [0.15, 0.2) is 0 Å². The van der Waals surface area contributed by atoms with E-state index in [4.69, 9.17) is 0 Å². The Morgan fingerprint density at radius 1 is 0.500 bits per heavy atom. The molecule has 2 aromatic rings. The van der Waals surface area contributed by atoms with Crippen LogP contribution in [0.1, 0.15) is 96.8 Å². The van der Waals surface area contributed by atoms with Crippen LogP contribution in [0.3, 0.4) is 0 Å². The highest BCUT2D eigenvalue weighted by molar-refractivity contribution is 6.33. The number of amides is 4. The van der Waals surface area contributed by atoms with E-state index >= 15 is 0 Å². The SMILES string of the molecule is CC(C)N(CCN1C(=O)c2ccc3c4c(ccc(c24)C1=O)C(=O)N(CCN(C(C)C)C(C)C)C3=O)C(C)C. The molecule has 0 radical (unpaired) electrons. The molecule has 0 aliphatic carbocycles. The van der Waals surface area contributed by atoms with Gasteiger partial charge in [0.2, 0.25) is 0 Å². The molecule has 8 heteroatoms. The number of hydrogen-bond acceptors (Lipinski definition) is 6. The number of hydrogen-bond donors (Lipinski definition) is 0. The van der Waals surface area contributed by atoms with Crippen molar-refractivity contribution < 1.29 is 19.2 Å². The summed E-state index contributed by atoms with van der Waals surface area (Å²) in [6.45, 7) is 18.4. The van der Waals surface area contributed by atoms with Gasteiger partial charge in [-0.1, -0.05) is 0 Å². The highest BCUT2D eigenvalue weighted by Gasteiger charge is 2.39. The molecule has 4 rings (SSSR count). The lowest BCUT2D eigenvalue weighted by atomic mass is 9.86. The maximum absolute atomic E-state index is 13.5. The minimum atomic E-state index is -0.384. The lowest BCUT2D eigenvalue weighted by Gasteiger charge is -2.36. The minimum absolute atomic E-state index is 0.270. The third-order valence-electron chi connectivity index (χ3n) is 7.88. The summed E-state index contributed by atoms with van der Waals surface area (Å²) in [6.07, 6.45) is 0. The molecule has 2 aliphatic rings. The van der Waals surface area contributed by atoms with Crippen LogP contribution >= 0.6 is 0 Å². The highest BCUT2D eigenvalue weighted by atomic mass is 16.2. The maximum atomic E-state index is 13.5. The van der Waals surface area contributed by atoms with Gasteiger partial charge in [-0.25, -0.2) is 0 Å². The second kappa shape index (κ2) is 10.6. The molecule has 0 saturated heterocycles. The van der Waals surface area contributed by atoms with Crippen molar-refractivity contribution in [2.75, 3.05) is 26.2 Å². The van der Waals surface area contributed by atoms with E-state index in [1.54, 1.807) is 24.3 Å². The lowest BCUT2D eigenvalue weighted by molar-refractivity contribution is 0.0552. The second-order valence-corrected chi connectivity index (χ2v) is 11.4. The predicted octanol–water partition coefficient (Wildman–Crippen LogP) is 4.27. The van der Waals surface area contributed by atoms with Gasteiger partial charge in [0.05, 0.1) is 0 Å². The molecule has 2 aromatic carbocycles. The van der Waals surface area contributed by atoms with Crippen LogP contribution in [-0.2, 0) is 0 Å². The van der Waals surface area contributed by atoms with Gasteiger partial charge >= 0.3 is 0 Å². The van der Waals surface area contributed by atoms with Gasteiger partial charge in [0.25, 0.3) is 23.6 Å². The van der Waals surface area contributed by atoms with Gasteiger partial charge in [-0.05, 0) is 79.7 Å². The minimum Gasteiger partial charge on any atom is -0.297 e. The van der Waals surface area contributed by atoms with Crippen LogP contribution in [-0.4, -0.2) is 93.6 Å². The summed E-state index contributed by atoms with van der Waals surface area (Å²) in [4.78, 5) is 61.2. The fourth-order valence-corrected chi connectivity index (χ4v) is 6.04. The van der Waals surface area contributed by atoms with Crippen molar-refractivity contribution in [1.82, 2.24) is 19.6 Å². The van der Waals surface area contributed by atoms with Gasteiger partial charge in [0, 0.05) is 83.4 Å². The van der Waals surface area contributed by atoms with Crippen molar-refractivity contribution in [2.24, 2.45) is 0 Å². The standard InChI is InChI=1S/C30H40N4O4/c1-17(2)31(18(3)4)13-15-33-27(35)21-9-11-23-26-24(12-10-22(25(21)26)28(33)36)30(38)34(29(23)37)16-14-32(19(5)6)20(7)8/h9-12,17-20H,13-16H2,1-8H3. The van der Waals surface area contributed by atoms with Crippen LogP contribution in [0.2, 0.25) is 0 Å². The number of nitrogens with zero attached hydrogens (tertiary/aromatic N) is 4. The van der Waals surface area contributed by atoms with E-state index in [0.29, 0.717) is 46.1 Å². The Morgan fingerprint density at radius 2 is 0.737 bits per heavy atom. The number of carbonyl (C=O) groups excluding carboxylic acids is 4. The van der Waals surface area contributed by atoms with Crippen LogP contribution < -0.4 is 0 Å². The van der Waals surface area contributed by atoms with Crippen molar-refractivity contribution >= 4 is 34.4 Å². The number of carbonyl (C=O) groups is 4. The van der Waals surface area contributed by atoms with E-state index in [9.17, 15) is 19.2 Å². The van der Waals surface area contributed by atoms with Crippen LogP contribution in [0.5, 0.6) is 0 Å². The molecular weight excluding hydrogens is 480 g/mol. The van der Waals surface area contributed by atoms with Crippen LogP contribution in [0.15, 0.2) is 24.3 Å². The van der Waals surface area contributed by atoms with Crippen molar-refractivity contribution in [2.45, 2.75) is 79.6 Å². The van der Waals surface area contributed by atoms with Crippen LogP contribution in [0.25, 0.3) is 10.8 Å². The van der Waals surface area contributed by atoms with E-state index in [-0.39, 0.29) is 60.9 Å². The van der Waals surface area contributed by atoms with E-state index in [1.807, 2.05) is 0 Å². The molecule has 8 nitrogen and oxygen atoms in total. The lowest BCUT2D eigenvalue weighted by Crippen LogP contribution is -2.49. The summed E-state index contributed by atoms with van der Waals surface area (Å²) in [5.41, 5.74) is 1.45. The average molecular weight is 521 g/mol. The van der Waals surface area contributed by atoms with Crippen molar-refractivity contribution in [3.63, 3.8) is 0 Å². The van der Waals surface area contributed by atoms with Gasteiger partial charge in [-0.3, -0.25) is 38.8 Å². The first-order valence-corrected chi connectivity index (χ1v) is 13.7. The van der Waals surface area contributed by atoms with Gasteiger partial charge in [-0.2, -0.15) is 0 Å². The van der Waals surface area contributed by atoms with E-state index in [1.165, 1.54) is 9.80 Å². The fourth-order valence-electron chi connectivity index (χ4n) is 6.04. The first kappa shape index (κ1) is 27.9. The van der Waals surface area contributed by atoms with E-state index in [2.05, 4.69) is 65.2 Å². The summed E-state index contributed by atoms with van der Waals surface area (Å²) in [5, 5.41) is 0.839. The topological polar surface area (TPSA) is 81.2 Å². The molecule has 0 spiro atoms. The smallest absolute Gasteiger partial charge is 0.261 e. The zero-order chi connectivity index (χ0) is 28.0. The zero-order valence-corrected chi connectivity index (χ0v) is 23.9. The summed E-state index contributed by atoms with van der Waals surface area (Å²) in [6, 6.07) is 7.64. The number of imide groups is 2. The van der Waals surface area contributed by atoms with E-state index < -0.39 is 0 Å². The normalized spacial score (nSPS) is 15.7. The van der Waals surface area contributed by atoms with Crippen molar-refractivity contribution in [3.05, 3.63) is 46.5 Å². The van der Waals surface area contributed by atoms with Gasteiger partial charge < -0.3 is 0 Å². The number of rotatable bonds is 10. The molecule has 204 valence electrons. The molecule has 4 amide bonds. The highest BCUT2D eigenvalue weighted by Crippen LogP contribution is 2.37. The third kappa shape index (κ3) is 4.64. The molecule has 0 atom stereocenters. The zero-order valence-electron chi connectivity index (χ0n) is 23.9. The van der Waals surface area contributed by atoms with Gasteiger partial charge in [0.1, 0.15) is 0 Å². The summed E-state index contributed by atoms with van der Waals surface area (Å²) in [5.74, 6) is -1.54. The van der Waals surface area contributed by atoms with Crippen molar-refractivity contribution in [1.29, 1.82) is 0 Å². The summed E-state index contributed by atoms with van der Waals surface area (Å²) < 4.78 is 0. The Bertz CT molecular complexity index is 1110. The second-order valence-electron chi connectivity index (χ2n) is 11.4. The number of benzene rings is 2. The first-order chi connectivity index (χ1) is 17.9. The predicted molar refractivity (Wildman–Crippen MR) is 149 cm³/mol. The molecule has 38 heavy (non-hydrogen) atoms. The Hall–Kier alpha value is -3.10. The quantitative estimate of drug-likeness (QED) is 0.435.